The zero-order valence-electron chi connectivity index (χ0n) is 8.27. The second-order valence-corrected chi connectivity index (χ2v) is 3.81. The number of nitrogens with two attached hydrogens (primary N) is 1. The van der Waals surface area contributed by atoms with E-state index in [4.69, 9.17) is 5.73 Å². The maximum absolute atomic E-state index is 5.48. The molecule has 0 aliphatic heterocycles. The molecule has 0 aromatic heterocycles. The minimum Gasteiger partial charge on any atom is -0.330 e. The monoisotopic (exact) mass is 157 g/mol. The van der Waals surface area contributed by atoms with E-state index in [9.17, 15) is 0 Å². The predicted octanol–water partition coefficient (Wildman–Crippen LogP) is 2.80. The summed E-state index contributed by atoms with van der Waals surface area (Å²) in [6.45, 7) is 7.75. The molecular formula is C10H23N. The zero-order valence-corrected chi connectivity index (χ0v) is 8.27. The average Bonchev–Trinajstić information content (AvgIpc) is 1.87. The molecule has 2 unspecified atom stereocenters. The van der Waals surface area contributed by atoms with E-state index in [1.54, 1.807) is 0 Å². The molecule has 0 rings (SSSR count). The van der Waals surface area contributed by atoms with Crippen molar-refractivity contribution in [3.63, 3.8) is 0 Å². The highest BCUT2D eigenvalue weighted by Gasteiger charge is 2.06. The van der Waals surface area contributed by atoms with Gasteiger partial charge in [0.1, 0.15) is 0 Å². The summed E-state index contributed by atoms with van der Waals surface area (Å²) in [4.78, 5) is 0. The predicted molar refractivity (Wildman–Crippen MR) is 51.5 cm³/mol. The maximum atomic E-state index is 5.48. The van der Waals surface area contributed by atoms with Crippen molar-refractivity contribution in [3.05, 3.63) is 0 Å². The lowest BCUT2D eigenvalue weighted by Gasteiger charge is -2.15. The summed E-state index contributed by atoms with van der Waals surface area (Å²) < 4.78 is 0. The zero-order chi connectivity index (χ0) is 8.69. The third kappa shape index (κ3) is 6.36. The quantitative estimate of drug-likeness (QED) is 0.630. The van der Waals surface area contributed by atoms with Gasteiger partial charge < -0.3 is 5.73 Å². The van der Waals surface area contributed by atoms with Crippen molar-refractivity contribution in [1.29, 1.82) is 0 Å². The van der Waals surface area contributed by atoms with Crippen molar-refractivity contribution >= 4 is 0 Å². The Bertz CT molecular complexity index is 70.9. The van der Waals surface area contributed by atoms with E-state index in [1.165, 1.54) is 25.7 Å². The van der Waals surface area contributed by atoms with E-state index in [2.05, 4.69) is 20.8 Å². The van der Waals surface area contributed by atoms with Gasteiger partial charge in [-0.05, 0) is 31.2 Å². The molecule has 0 fully saturated rings. The Labute approximate surface area is 71.4 Å². The summed E-state index contributed by atoms with van der Waals surface area (Å²) in [5.74, 6) is 1.71. The lowest BCUT2D eigenvalue weighted by molar-refractivity contribution is 0.378. The molecule has 0 aliphatic rings. The smallest absolute Gasteiger partial charge is 0.00747 e. The fourth-order valence-electron chi connectivity index (χ4n) is 1.70. The second-order valence-electron chi connectivity index (χ2n) is 3.81. The number of hydrogen-bond acceptors (Lipinski definition) is 1. The molecule has 11 heavy (non-hydrogen) atoms. The van der Waals surface area contributed by atoms with Crippen molar-refractivity contribution in [2.75, 3.05) is 6.54 Å². The Morgan fingerprint density at radius 1 is 1.09 bits per heavy atom. The molecule has 2 atom stereocenters. The molecule has 0 aromatic carbocycles. The van der Waals surface area contributed by atoms with Crippen LogP contribution in [0.5, 0.6) is 0 Å². The summed E-state index contributed by atoms with van der Waals surface area (Å²) in [6, 6.07) is 0. The van der Waals surface area contributed by atoms with Crippen LogP contribution in [0.1, 0.15) is 46.5 Å². The van der Waals surface area contributed by atoms with Crippen LogP contribution < -0.4 is 5.73 Å². The van der Waals surface area contributed by atoms with Crippen LogP contribution in [-0.2, 0) is 0 Å². The third-order valence-corrected chi connectivity index (χ3v) is 2.25. The summed E-state index contributed by atoms with van der Waals surface area (Å²) >= 11 is 0. The second kappa shape index (κ2) is 6.66. The number of hydrogen-bond donors (Lipinski definition) is 1. The van der Waals surface area contributed by atoms with E-state index in [0.29, 0.717) is 0 Å². The van der Waals surface area contributed by atoms with Crippen LogP contribution >= 0.6 is 0 Å². The Morgan fingerprint density at radius 2 is 1.64 bits per heavy atom. The maximum Gasteiger partial charge on any atom is -0.00747 e. The highest BCUT2D eigenvalue weighted by atomic mass is 14.5. The molecule has 0 spiro atoms. The van der Waals surface area contributed by atoms with Crippen molar-refractivity contribution < 1.29 is 0 Å². The Balaban J connectivity index is 3.32. The summed E-state index contributed by atoms with van der Waals surface area (Å²) in [6.07, 6.45) is 5.23. The van der Waals surface area contributed by atoms with Crippen molar-refractivity contribution in [3.8, 4) is 0 Å². The lowest BCUT2D eigenvalue weighted by atomic mass is 9.92. The molecule has 0 saturated carbocycles. The lowest BCUT2D eigenvalue weighted by Crippen LogP contribution is -2.09. The minimum absolute atomic E-state index is 0.821. The molecule has 0 bridgehead atoms. The van der Waals surface area contributed by atoms with Gasteiger partial charge >= 0.3 is 0 Å². The summed E-state index contributed by atoms with van der Waals surface area (Å²) in [5.41, 5.74) is 5.48. The summed E-state index contributed by atoms with van der Waals surface area (Å²) in [7, 11) is 0. The molecule has 0 radical (unpaired) electrons. The molecule has 2 N–H and O–H groups in total. The summed E-state index contributed by atoms with van der Waals surface area (Å²) in [5, 5.41) is 0. The first kappa shape index (κ1) is 11.0. The van der Waals surface area contributed by atoms with Crippen LogP contribution in [0.25, 0.3) is 0 Å². The van der Waals surface area contributed by atoms with Gasteiger partial charge in [-0.15, -0.1) is 0 Å². The van der Waals surface area contributed by atoms with E-state index < -0.39 is 0 Å². The average molecular weight is 157 g/mol. The van der Waals surface area contributed by atoms with E-state index in [-0.39, 0.29) is 0 Å². The van der Waals surface area contributed by atoms with E-state index >= 15 is 0 Å². The third-order valence-electron chi connectivity index (χ3n) is 2.25. The minimum atomic E-state index is 0.821. The van der Waals surface area contributed by atoms with Gasteiger partial charge in [0.15, 0.2) is 0 Å². The molecule has 0 aliphatic carbocycles. The van der Waals surface area contributed by atoms with E-state index in [0.717, 1.165) is 18.4 Å². The largest absolute Gasteiger partial charge is 0.330 e. The molecule has 1 heteroatoms. The van der Waals surface area contributed by atoms with Gasteiger partial charge in [-0.3, -0.25) is 0 Å². The van der Waals surface area contributed by atoms with Crippen LogP contribution in [0.4, 0.5) is 0 Å². The molecule has 1 nitrogen and oxygen atoms in total. The van der Waals surface area contributed by atoms with Crippen LogP contribution in [0.2, 0.25) is 0 Å². The first-order chi connectivity index (χ1) is 5.20. The highest BCUT2D eigenvalue weighted by Crippen LogP contribution is 2.18. The first-order valence-corrected chi connectivity index (χ1v) is 4.90. The van der Waals surface area contributed by atoms with Crippen molar-refractivity contribution in [1.82, 2.24) is 0 Å². The van der Waals surface area contributed by atoms with Gasteiger partial charge in [-0.25, -0.2) is 0 Å². The molecule has 0 aromatic rings. The fourth-order valence-corrected chi connectivity index (χ4v) is 1.70. The van der Waals surface area contributed by atoms with Gasteiger partial charge in [0.2, 0.25) is 0 Å². The van der Waals surface area contributed by atoms with Crippen LogP contribution in [0.3, 0.4) is 0 Å². The number of rotatable bonds is 6. The van der Waals surface area contributed by atoms with Crippen molar-refractivity contribution in [2.24, 2.45) is 17.6 Å². The Hall–Kier alpha value is -0.0400. The van der Waals surface area contributed by atoms with Gasteiger partial charge in [0.25, 0.3) is 0 Å². The first-order valence-electron chi connectivity index (χ1n) is 4.90. The van der Waals surface area contributed by atoms with Crippen LogP contribution in [0.15, 0.2) is 0 Å². The Kier molecular flexibility index (Phi) is 6.63. The SMILES string of the molecule is CCCC(C)CC(C)CCN. The normalized spacial score (nSPS) is 16.4. The van der Waals surface area contributed by atoms with Crippen molar-refractivity contribution in [2.45, 2.75) is 46.5 Å². The highest BCUT2D eigenvalue weighted by molar-refractivity contribution is 4.59. The fraction of sp³-hybridized carbons (Fsp3) is 1.00. The van der Waals surface area contributed by atoms with Crippen LogP contribution in [0, 0.1) is 11.8 Å². The molecule has 68 valence electrons. The molecule has 0 heterocycles. The van der Waals surface area contributed by atoms with Gasteiger partial charge in [0, 0.05) is 0 Å². The van der Waals surface area contributed by atoms with Gasteiger partial charge in [-0.2, -0.15) is 0 Å². The Morgan fingerprint density at radius 3 is 2.09 bits per heavy atom. The topological polar surface area (TPSA) is 26.0 Å². The van der Waals surface area contributed by atoms with Gasteiger partial charge in [0.05, 0.1) is 0 Å². The molecule has 0 amide bonds. The molecular weight excluding hydrogens is 134 g/mol. The van der Waals surface area contributed by atoms with E-state index in [1.807, 2.05) is 0 Å². The molecule has 0 saturated heterocycles. The standard InChI is InChI=1S/C10H23N/c1-4-5-9(2)8-10(3)6-7-11/h9-10H,4-8,11H2,1-3H3. The van der Waals surface area contributed by atoms with Crippen LogP contribution in [-0.4, -0.2) is 6.54 Å². The van der Waals surface area contributed by atoms with Gasteiger partial charge in [-0.1, -0.05) is 33.6 Å².